The van der Waals surface area contributed by atoms with Crippen molar-refractivity contribution in [2.45, 2.75) is 13.0 Å². The molecule has 0 amide bonds. The highest BCUT2D eigenvalue weighted by atomic mass is 16.5. The van der Waals surface area contributed by atoms with Crippen LogP contribution in [-0.2, 0) is 0 Å². The Bertz CT molecular complexity index is 323. The summed E-state index contributed by atoms with van der Waals surface area (Å²) in [7, 11) is 3.06. The summed E-state index contributed by atoms with van der Waals surface area (Å²) in [4.78, 5) is 0. The summed E-state index contributed by atoms with van der Waals surface area (Å²) in [5.41, 5.74) is 6.29. The van der Waals surface area contributed by atoms with Crippen LogP contribution in [-0.4, -0.2) is 19.3 Å². The maximum atomic E-state index is 9.66. The third kappa shape index (κ3) is 1.90. The van der Waals surface area contributed by atoms with Gasteiger partial charge in [-0.05, 0) is 6.92 Å². The molecular formula is C10H15NO3. The highest BCUT2D eigenvalue weighted by Gasteiger charge is 2.14. The van der Waals surface area contributed by atoms with Gasteiger partial charge in [-0.1, -0.05) is 0 Å². The number of methoxy groups -OCH3 is 2. The van der Waals surface area contributed by atoms with E-state index >= 15 is 0 Å². The average molecular weight is 197 g/mol. The van der Waals surface area contributed by atoms with E-state index in [-0.39, 0.29) is 11.8 Å². The lowest BCUT2D eigenvalue weighted by atomic mass is 10.1. The summed E-state index contributed by atoms with van der Waals surface area (Å²) < 4.78 is 10.1. The number of benzene rings is 1. The Morgan fingerprint density at radius 1 is 1.29 bits per heavy atom. The van der Waals surface area contributed by atoms with E-state index in [4.69, 9.17) is 15.2 Å². The van der Waals surface area contributed by atoms with Gasteiger partial charge < -0.3 is 20.3 Å². The van der Waals surface area contributed by atoms with Gasteiger partial charge in [-0.15, -0.1) is 0 Å². The Morgan fingerprint density at radius 3 is 2.36 bits per heavy atom. The molecule has 0 radical (unpaired) electrons. The second-order valence-electron chi connectivity index (χ2n) is 3.05. The molecule has 3 N–H and O–H groups in total. The second-order valence-corrected chi connectivity index (χ2v) is 3.05. The van der Waals surface area contributed by atoms with Gasteiger partial charge in [0.2, 0.25) is 0 Å². The minimum Gasteiger partial charge on any atom is -0.507 e. The van der Waals surface area contributed by atoms with Crippen LogP contribution in [0.3, 0.4) is 0 Å². The standard InChI is InChI=1S/C10H15NO3/c1-6(11)10-8(12)4-7(13-2)5-9(10)14-3/h4-6,12H,11H2,1-3H3/t6-/m1/s1. The molecule has 0 fully saturated rings. The van der Waals surface area contributed by atoms with E-state index in [1.54, 1.807) is 13.0 Å². The van der Waals surface area contributed by atoms with Crippen LogP contribution in [0.1, 0.15) is 18.5 Å². The van der Waals surface area contributed by atoms with Gasteiger partial charge in [0.05, 0.1) is 19.8 Å². The minimum absolute atomic E-state index is 0.0937. The molecule has 1 aromatic rings. The molecule has 0 heterocycles. The van der Waals surface area contributed by atoms with Gasteiger partial charge in [0.1, 0.15) is 17.2 Å². The molecule has 0 saturated heterocycles. The Labute approximate surface area is 83.3 Å². The number of hydrogen-bond donors (Lipinski definition) is 2. The molecule has 0 aliphatic carbocycles. The van der Waals surface area contributed by atoms with Crippen LogP contribution in [0.15, 0.2) is 12.1 Å². The van der Waals surface area contributed by atoms with Crippen LogP contribution in [0.5, 0.6) is 17.2 Å². The van der Waals surface area contributed by atoms with Crippen molar-refractivity contribution in [3.8, 4) is 17.2 Å². The molecular weight excluding hydrogens is 182 g/mol. The summed E-state index contributed by atoms with van der Waals surface area (Å²) in [6, 6.07) is 2.93. The molecule has 1 atom stereocenters. The first-order valence-electron chi connectivity index (χ1n) is 4.30. The third-order valence-corrected chi connectivity index (χ3v) is 2.00. The van der Waals surface area contributed by atoms with Gasteiger partial charge in [-0.3, -0.25) is 0 Å². The fourth-order valence-electron chi connectivity index (χ4n) is 1.33. The maximum Gasteiger partial charge on any atom is 0.131 e. The van der Waals surface area contributed by atoms with Crippen molar-refractivity contribution in [1.29, 1.82) is 0 Å². The van der Waals surface area contributed by atoms with Crippen LogP contribution in [0, 0.1) is 0 Å². The number of phenols is 1. The summed E-state index contributed by atoms with van der Waals surface area (Å²) in [5, 5.41) is 9.66. The zero-order valence-electron chi connectivity index (χ0n) is 8.57. The molecule has 0 aromatic heterocycles. The lowest BCUT2D eigenvalue weighted by molar-refractivity contribution is 0.376. The minimum atomic E-state index is -0.282. The van der Waals surface area contributed by atoms with Crippen LogP contribution >= 0.6 is 0 Å². The number of rotatable bonds is 3. The first-order valence-corrected chi connectivity index (χ1v) is 4.30. The smallest absolute Gasteiger partial charge is 0.131 e. The Morgan fingerprint density at radius 2 is 1.93 bits per heavy atom. The fourth-order valence-corrected chi connectivity index (χ4v) is 1.33. The van der Waals surface area contributed by atoms with E-state index in [2.05, 4.69) is 0 Å². The number of hydrogen-bond acceptors (Lipinski definition) is 4. The lowest BCUT2D eigenvalue weighted by Gasteiger charge is -2.14. The first-order chi connectivity index (χ1) is 6.60. The summed E-state index contributed by atoms with van der Waals surface area (Å²) in [5.74, 6) is 1.18. The zero-order valence-corrected chi connectivity index (χ0v) is 8.57. The van der Waals surface area contributed by atoms with Crippen LogP contribution in [0.2, 0.25) is 0 Å². The molecule has 1 rings (SSSR count). The van der Waals surface area contributed by atoms with Gasteiger partial charge in [0.15, 0.2) is 0 Å². The zero-order chi connectivity index (χ0) is 10.7. The van der Waals surface area contributed by atoms with E-state index in [9.17, 15) is 5.11 Å². The second kappa shape index (κ2) is 4.19. The van der Waals surface area contributed by atoms with Crippen molar-refractivity contribution < 1.29 is 14.6 Å². The molecule has 1 aromatic carbocycles. The van der Waals surface area contributed by atoms with Crippen molar-refractivity contribution in [3.63, 3.8) is 0 Å². The van der Waals surface area contributed by atoms with E-state index in [0.717, 1.165) is 0 Å². The average Bonchev–Trinajstić information content (AvgIpc) is 2.15. The largest absolute Gasteiger partial charge is 0.507 e. The summed E-state index contributed by atoms with van der Waals surface area (Å²) in [6.07, 6.45) is 0. The van der Waals surface area contributed by atoms with Gasteiger partial charge in [-0.2, -0.15) is 0 Å². The number of ether oxygens (including phenoxy) is 2. The van der Waals surface area contributed by atoms with Gasteiger partial charge >= 0.3 is 0 Å². The third-order valence-electron chi connectivity index (χ3n) is 2.00. The lowest BCUT2D eigenvalue weighted by Crippen LogP contribution is -2.07. The highest BCUT2D eigenvalue weighted by Crippen LogP contribution is 2.36. The highest BCUT2D eigenvalue weighted by molar-refractivity contribution is 5.51. The Kier molecular flexibility index (Phi) is 3.19. The van der Waals surface area contributed by atoms with Crippen molar-refractivity contribution in [2.24, 2.45) is 5.73 Å². The van der Waals surface area contributed by atoms with Crippen LogP contribution in [0.4, 0.5) is 0 Å². The molecule has 4 heteroatoms. The molecule has 78 valence electrons. The number of nitrogens with two attached hydrogens (primary N) is 1. The molecule has 14 heavy (non-hydrogen) atoms. The Hall–Kier alpha value is -1.42. The normalized spacial score (nSPS) is 12.3. The van der Waals surface area contributed by atoms with Crippen LogP contribution < -0.4 is 15.2 Å². The topological polar surface area (TPSA) is 64.7 Å². The predicted octanol–water partition coefficient (Wildman–Crippen LogP) is 1.43. The fraction of sp³-hybridized carbons (Fsp3) is 0.400. The van der Waals surface area contributed by atoms with E-state index < -0.39 is 0 Å². The van der Waals surface area contributed by atoms with Crippen LogP contribution in [0.25, 0.3) is 0 Å². The molecule has 0 unspecified atom stereocenters. The van der Waals surface area contributed by atoms with E-state index in [0.29, 0.717) is 17.1 Å². The predicted molar refractivity (Wildman–Crippen MR) is 53.8 cm³/mol. The molecule has 0 aliphatic rings. The van der Waals surface area contributed by atoms with Crippen molar-refractivity contribution in [2.75, 3.05) is 14.2 Å². The SMILES string of the molecule is COc1cc(O)c([C@@H](C)N)c(OC)c1. The Balaban J connectivity index is 3.27. The van der Waals surface area contributed by atoms with Crippen molar-refractivity contribution >= 4 is 0 Å². The van der Waals surface area contributed by atoms with E-state index in [1.165, 1.54) is 20.3 Å². The molecule has 0 spiro atoms. The monoisotopic (exact) mass is 197 g/mol. The first kappa shape index (κ1) is 10.7. The van der Waals surface area contributed by atoms with Gasteiger partial charge in [0, 0.05) is 18.2 Å². The summed E-state index contributed by atoms with van der Waals surface area (Å²) in [6.45, 7) is 1.78. The van der Waals surface area contributed by atoms with Gasteiger partial charge in [-0.25, -0.2) is 0 Å². The number of phenolic OH excluding ortho intramolecular Hbond substituents is 1. The quantitative estimate of drug-likeness (QED) is 0.769. The van der Waals surface area contributed by atoms with Gasteiger partial charge in [0.25, 0.3) is 0 Å². The molecule has 0 aliphatic heterocycles. The maximum absolute atomic E-state index is 9.66. The molecule has 0 bridgehead atoms. The summed E-state index contributed by atoms with van der Waals surface area (Å²) >= 11 is 0. The van der Waals surface area contributed by atoms with Crippen molar-refractivity contribution in [1.82, 2.24) is 0 Å². The molecule has 0 saturated carbocycles. The number of aromatic hydroxyl groups is 1. The molecule has 4 nitrogen and oxygen atoms in total. The van der Waals surface area contributed by atoms with E-state index in [1.807, 2.05) is 0 Å². The van der Waals surface area contributed by atoms with Crippen molar-refractivity contribution in [3.05, 3.63) is 17.7 Å².